The lowest BCUT2D eigenvalue weighted by molar-refractivity contribution is -0.129. The van der Waals surface area contributed by atoms with Crippen LogP contribution in [0.2, 0.25) is 0 Å². The van der Waals surface area contributed by atoms with Crippen LogP contribution < -0.4 is 10.2 Å². The van der Waals surface area contributed by atoms with Gasteiger partial charge >= 0.3 is 0 Å². The van der Waals surface area contributed by atoms with Gasteiger partial charge in [0.15, 0.2) is 0 Å². The number of piperidine rings is 1. The number of nitrogens with zero attached hydrogens (tertiary/aromatic N) is 2. The van der Waals surface area contributed by atoms with E-state index in [9.17, 15) is 9.59 Å². The molecule has 32 heavy (non-hydrogen) atoms. The fraction of sp³-hybridized carbons (Fsp3) is 0.481. The molecule has 2 heterocycles. The summed E-state index contributed by atoms with van der Waals surface area (Å²) in [6.45, 7) is 3.93. The third-order valence-electron chi connectivity index (χ3n) is 7.88. The molecule has 0 saturated carbocycles. The topological polar surface area (TPSA) is 52.7 Å². The quantitative estimate of drug-likeness (QED) is 0.797. The van der Waals surface area contributed by atoms with E-state index in [1.807, 2.05) is 36.1 Å². The Balaban J connectivity index is 1.35. The number of hydrogen-bond acceptors (Lipinski definition) is 3. The Morgan fingerprint density at radius 2 is 1.78 bits per heavy atom. The molecular formula is C27H33N3O2. The fourth-order valence-electron chi connectivity index (χ4n) is 6.15. The van der Waals surface area contributed by atoms with Gasteiger partial charge in [-0.25, -0.2) is 0 Å². The first-order valence-electron chi connectivity index (χ1n) is 12.0. The fourth-order valence-corrected chi connectivity index (χ4v) is 6.15. The second-order valence-electron chi connectivity index (χ2n) is 9.75. The van der Waals surface area contributed by atoms with Gasteiger partial charge in [0.05, 0.1) is 5.41 Å². The van der Waals surface area contributed by atoms with Crippen molar-refractivity contribution < 1.29 is 9.59 Å². The molecule has 5 heteroatoms. The molecule has 0 unspecified atom stereocenters. The predicted molar refractivity (Wildman–Crippen MR) is 127 cm³/mol. The van der Waals surface area contributed by atoms with Gasteiger partial charge < -0.3 is 10.2 Å². The SMILES string of the molecule is CNC(=O)C[C@@]1(C)C(=O)N(C2CCN([C@@H]3CCCc4ccccc43)CC2)c2ccccc21. The van der Waals surface area contributed by atoms with Crippen molar-refractivity contribution in [3.05, 3.63) is 65.2 Å². The molecular weight excluding hydrogens is 398 g/mol. The van der Waals surface area contributed by atoms with Crippen LogP contribution in [0.4, 0.5) is 5.69 Å². The minimum atomic E-state index is -0.796. The van der Waals surface area contributed by atoms with E-state index in [4.69, 9.17) is 0 Å². The highest BCUT2D eigenvalue weighted by molar-refractivity contribution is 6.10. The molecule has 5 nitrogen and oxygen atoms in total. The van der Waals surface area contributed by atoms with Crippen molar-refractivity contribution in [2.24, 2.45) is 0 Å². The Morgan fingerprint density at radius 1 is 1.06 bits per heavy atom. The lowest BCUT2D eigenvalue weighted by atomic mass is 9.80. The maximum absolute atomic E-state index is 13.7. The van der Waals surface area contributed by atoms with E-state index in [-0.39, 0.29) is 24.3 Å². The van der Waals surface area contributed by atoms with Crippen LogP contribution in [-0.2, 0) is 21.4 Å². The zero-order chi connectivity index (χ0) is 22.3. The number of hydrogen-bond donors (Lipinski definition) is 1. The van der Waals surface area contributed by atoms with Crippen molar-refractivity contribution in [3.8, 4) is 0 Å². The molecule has 0 aromatic heterocycles. The molecule has 0 radical (unpaired) electrons. The average Bonchev–Trinajstić information content (AvgIpc) is 3.05. The summed E-state index contributed by atoms with van der Waals surface area (Å²) in [6, 6.07) is 17.6. The van der Waals surface area contributed by atoms with E-state index in [1.54, 1.807) is 7.05 Å². The third-order valence-corrected chi connectivity index (χ3v) is 7.88. The number of rotatable bonds is 4. The Morgan fingerprint density at radius 3 is 2.56 bits per heavy atom. The van der Waals surface area contributed by atoms with E-state index >= 15 is 0 Å². The summed E-state index contributed by atoms with van der Waals surface area (Å²) in [5.74, 6) is -0.0213. The Labute approximate surface area is 190 Å². The van der Waals surface area contributed by atoms with Crippen molar-refractivity contribution in [2.75, 3.05) is 25.0 Å². The van der Waals surface area contributed by atoms with Crippen LogP contribution in [0.1, 0.15) is 61.8 Å². The second kappa shape index (κ2) is 8.36. The van der Waals surface area contributed by atoms with E-state index < -0.39 is 5.41 Å². The highest BCUT2D eigenvalue weighted by Gasteiger charge is 2.50. The van der Waals surface area contributed by atoms with Gasteiger partial charge in [-0.05, 0) is 61.8 Å². The number of carbonyl (C=O) groups excluding carboxylic acids is 2. The van der Waals surface area contributed by atoms with Crippen molar-refractivity contribution in [3.63, 3.8) is 0 Å². The summed E-state index contributed by atoms with van der Waals surface area (Å²) in [7, 11) is 1.63. The van der Waals surface area contributed by atoms with Crippen LogP contribution in [0.5, 0.6) is 0 Å². The molecule has 0 spiro atoms. The van der Waals surface area contributed by atoms with Gasteiger partial charge in [0, 0.05) is 44.3 Å². The smallest absolute Gasteiger partial charge is 0.238 e. The molecule has 2 aromatic carbocycles. The van der Waals surface area contributed by atoms with E-state index in [0.29, 0.717) is 6.04 Å². The number of para-hydroxylation sites is 1. The predicted octanol–water partition coefficient (Wildman–Crippen LogP) is 3.97. The first kappa shape index (κ1) is 21.2. The molecule has 3 aliphatic rings. The van der Waals surface area contributed by atoms with Crippen LogP contribution in [0.15, 0.2) is 48.5 Å². The number of amides is 2. The normalized spacial score (nSPS) is 26.0. The summed E-state index contributed by atoms with van der Waals surface area (Å²) >= 11 is 0. The number of fused-ring (bicyclic) bond motifs is 2. The van der Waals surface area contributed by atoms with Crippen molar-refractivity contribution in [2.45, 2.75) is 62.9 Å². The van der Waals surface area contributed by atoms with Crippen LogP contribution in [0, 0.1) is 0 Å². The average molecular weight is 432 g/mol. The minimum Gasteiger partial charge on any atom is -0.359 e. The maximum Gasteiger partial charge on any atom is 0.238 e. The molecule has 2 aliphatic heterocycles. The van der Waals surface area contributed by atoms with Gasteiger partial charge in [0.25, 0.3) is 0 Å². The van der Waals surface area contributed by atoms with Gasteiger partial charge in [0.1, 0.15) is 0 Å². The molecule has 1 saturated heterocycles. The molecule has 168 valence electrons. The van der Waals surface area contributed by atoms with Crippen LogP contribution in [0.3, 0.4) is 0 Å². The number of benzene rings is 2. The number of likely N-dealkylation sites (tertiary alicyclic amines) is 1. The number of aryl methyl sites for hydroxylation is 1. The molecule has 2 aromatic rings. The number of nitrogens with one attached hydrogen (secondary N) is 1. The molecule has 5 rings (SSSR count). The summed E-state index contributed by atoms with van der Waals surface area (Å²) in [5.41, 5.74) is 4.18. The monoisotopic (exact) mass is 431 g/mol. The highest BCUT2D eigenvalue weighted by atomic mass is 16.2. The van der Waals surface area contributed by atoms with Gasteiger partial charge in [0.2, 0.25) is 11.8 Å². The molecule has 2 amide bonds. The van der Waals surface area contributed by atoms with E-state index in [0.717, 1.165) is 37.2 Å². The van der Waals surface area contributed by atoms with Gasteiger partial charge in [-0.15, -0.1) is 0 Å². The summed E-state index contributed by atoms with van der Waals surface area (Å²) in [4.78, 5) is 30.6. The summed E-state index contributed by atoms with van der Waals surface area (Å²) < 4.78 is 0. The molecule has 0 bridgehead atoms. The van der Waals surface area contributed by atoms with Gasteiger partial charge in [-0.1, -0.05) is 42.5 Å². The number of anilines is 1. The number of carbonyl (C=O) groups is 2. The van der Waals surface area contributed by atoms with Gasteiger partial charge in [-0.2, -0.15) is 0 Å². The lowest BCUT2D eigenvalue weighted by Gasteiger charge is -2.42. The van der Waals surface area contributed by atoms with Crippen LogP contribution in [-0.4, -0.2) is 42.9 Å². The zero-order valence-electron chi connectivity index (χ0n) is 19.1. The largest absolute Gasteiger partial charge is 0.359 e. The molecule has 1 fully saturated rings. The third kappa shape index (κ3) is 3.43. The van der Waals surface area contributed by atoms with E-state index in [2.05, 4.69) is 34.5 Å². The molecule has 1 N–H and O–H groups in total. The minimum absolute atomic E-state index is 0.0729. The Kier molecular flexibility index (Phi) is 5.54. The van der Waals surface area contributed by atoms with Crippen LogP contribution >= 0.6 is 0 Å². The molecule has 1 aliphatic carbocycles. The maximum atomic E-state index is 13.7. The van der Waals surface area contributed by atoms with Gasteiger partial charge in [-0.3, -0.25) is 14.5 Å². The Hall–Kier alpha value is -2.66. The Bertz CT molecular complexity index is 1030. The highest BCUT2D eigenvalue weighted by Crippen LogP contribution is 2.46. The van der Waals surface area contributed by atoms with E-state index in [1.165, 1.54) is 30.4 Å². The van der Waals surface area contributed by atoms with Crippen molar-refractivity contribution in [1.29, 1.82) is 0 Å². The second-order valence-corrected chi connectivity index (χ2v) is 9.75. The van der Waals surface area contributed by atoms with Crippen LogP contribution in [0.25, 0.3) is 0 Å². The standard InChI is InChI=1S/C27H33N3O2/c1-27(18-25(31)28-2)22-11-5-6-12-24(22)30(26(27)32)20-14-16-29(17-15-20)23-13-7-9-19-8-3-4-10-21(19)23/h3-6,8,10-12,20,23H,7,9,13-18H2,1-2H3,(H,28,31)/t23-,27-/m1/s1. The first-order chi connectivity index (χ1) is 15.5. The first-order valence-corrected chi connectivity index (χ1v) is 12.0. The van der Waals surface area contributed by atoms with Crippen molar-refractivity contribution in [1.82, 2.24) is 10.2 Å². The van der Waals surface area contributed by atoms with Crippen molar-refractivity contribution >= 4 is 17.5 Å². The zero-order valence-corrected chi connectivity index (χ0v) is 19.1. The summed E-state index contributed by atoms with van der Waals surface area (Å²) in [5, 5.41) is 2.70. The lowest BCUT2D eigenvalue weighted by Crippen LogP contribution is -2.50. The summed E-state index contributed by atoms with van der Waals surface area (Å²) in [6.07, 6.45) is 5.78. The molecule has 2 atom stereocenters.